The lowest BCUT2D eigenvalue weighted by atomic mass is 10.3. The summed E-state index contributed by atoms with van der Waals surface area (Å²) >= 11 is 0. The average molecular weight is 176 g/mol. The van der Waals surface area contributed by atoms with Crippen molar-refractivity contribution in [1.29, 1.82) is 0 Å². The second-order valence-electron chi connectivity index (χ2n) is 2.66. The van der Waals surface area contributed by atoms with Gasteiger partial charge in [-0.25, -0.2) is 4.68 Å². The Bertz CT molecular complexity index is 361. The highest BCUT2D eigenvalue weighted by atomic mass is 16.1. The Labute approximate surface area is 77.4 Å². The number of rotatable bonds is 3. The molecule has 0 amide bonds. The maximum Gasteiger partial charge on any atom is 0.168 e. The van der Waals surface area contributed by atoms with Gasteiger partial charge in [-0.2, -0.15) is 5.10 Å². The molecule has 3 nitrogen and oxygen atoms in total. The monoisotopic (exact) mass is 176 g/mol. The summed E-state index contributed by atoms with van der Waals surface area (Å²) in [7, 11) is 0. The van der Waals surface area contributed by atoms with Gasteiger partial charge < -0.3 is 0 Å². The molecule has 0 aliphatic rings. The SMILES string of the molecule is C=C/C(=C\C)n1ncc(C)c1C=O. The van der Waals surface area contributed by atoms with Crippen molar-refractivity contribution in [1.82, 2.24) is 9.78 Å². The van der Waals surface area contributed by atoms with E-state index in [9.17, 15) is 4.79 Å². The van der Waals surface area contributed by atoms with Crippen molar-refractivity contribution in [2.75, 3.05) is 0 Å². The topological polar surface area (TPSA) is 34.9 Å². The molecule has 0 atom stereocenters. The van der Waals surface area contributed by atoms with Crippen molar-refractivity contribution in [3.8, 4) is 0 Å². The first-order chi connectivity index (χ1) is 6.24. The Morgan fingerprint density at radius 3 is 2.85 bits per heavy atom. The van der Waals surface area contributed by atoms with Gasteiger partial charge in [0, 0.05) is 0 Å². The molecular formula is C10H12N2O. The molecule has 68 valence electrons. The first kappa shape index (κ1) is 9.45. The van der Waals surface area contributed by atoms with E-state index in [2.05, 4.69) is 11.7 Å². The molecule has 1 aromatic rings. The van der Waals surface area contributed by atoms with Crippen molar-refractivity contribution < 1.29 is 4.79 Å². The summed E-state index contributed by atoms with van der Waals surface area (Å²) in [6, 6.07) is 0. The summed E-state index contributed by atoms with van der Waals surface area (Å²) in [5.41, 5.74) is 2.26. The molecule has 1 heterocycles. The number of allylic oxidation sites excluding steroid dienone is 3. The lowest BCUT2D eigenvalue weighted by Crippen LogP contribution is -2.02. The summed E-state index contributed by atoms with van der Waals surface area (Å²) in [6.45, 7) is 7.38. The summed E-state index contributed by atoms with van der Waals surface area (Å²) in [5, 5.41) is 4.07. The Hall–Kier alpha value is -1.64. The van der Waals surface area contributed by atoms with Crippen LogP contribution in [0.25, 0.3) is 5.70 Å². The van der Waals surface area contributed by atoms with E-state index in [0.29, 0.717) is 5.69 Å². The van der Waals surface area contributed by atoms with Crippen molar-refractivity contribution in [3.63, 3.8) is 0 Å². The molecule has 1 aromatic heterocycles. The first-order valence-corrected chi connectivity index (χ1v) is 4.03. The minimum Gasteiger partial charge on any atom is -0.296 e. The zero-order valence-corrected chi connectivity index (χ0v) is 7.82. The van der Waals surface area contributed by atoms with E-state index in [1.54, 1.807) is 17.0 Å². The molecule has 1 rings (SSSR count). The molecule has 0 radical (unpaired) electrons. The van der Waals surface area contributed by atoms with E-state index in [1.807, 2.05) is 19.9 Å². The molecule has 0 saturated heterocycles. The van der Waals surface area contributed by atoms with E-state index in [-0.39, 0.29) is 0 Å². The summed E-state index contributed by atoms with van der Waals surface area (Å²) in [5.74, 6) is 0. The van der Waals surface area contributed by atoms with Crippen LogP contribution < -0.4 is 0 Å². The van der Waals surface area contributed by atoms with Gasteiger partial charge in [0.1, 0.15) is 5.69 Å². The molecule has 0 aliphatic heterocycles. The highest BCUT2D eigenvalue weighted by Crippen LogP contribution is 2.11. The Kier molecular flexibility index (Phi) is 2.80. The van der Waals surface area contributed by atoms with Crippen molar-refractivity contribution >= 4 is 12.0 Å². The Morgan fingerprint density at radius 2 is 2.38 bits per heavy atom. The molecule has 0 unspecified atom stereocenters. The van der Waals surface area contributed by atoms with Crippen LogP contribution in [-0.4, -0.2) is 16.1 Å². The number of aromatic nitrogens is 2. The van der Waals surface area contributed by atoms with Crippen LogP contribution in [0.15, 0.2) is 24.9 Å². The second kappa shape index (κ2) is 3.85. The normalized spacial score (nSPS) is 11.4. The third kappa shape index (κ3) is 1.59. The highest BCUT2D eigenvalue weighted by molar-refractivity contribution is 5.77. The minimum absolute atomic E-state index is 0.577. The second-order valence-corrected chi connectivity index (χ2v) is 2.66. The molecule has 0 fully saturated rings. The predicted octanol–water partition coefficient (Wildman–Crippen LogP) is 2.05. The Balaban J connectivity index is 3.28. The smallest absolute Gasteiger partial charge is 0.168 e. The average Bonchev–Trinajstić information content (AvgIpc) is 2.50. The zero-order chi connectivity index (χ0) is 9.84. The van der Waals surface area contributed by atoms with Gasteiger partial charge >= 0.3 is 0 Å². The molecule has 13 heavy (non-hydrogen) atoms. The van der Waals surface area contributed by atoms with Crippen molar-refractivity contribution in [2.45, 2.75) is 13.8 Å². The van der Waals surface area contributed by atoms with Crippen LogP contribution in [-0.2, 0) is 0 Å². The number of carbonyl (C=O) groups is 1. The molecular weight excluding hydrogens is 164 g/mol. The Morgan fingerprint density at radius 1 is 1.69 bits per heavy atom. The number of carbonyl (C=O) groups excluding carboxylic acids is 1. The zero-order valence-electron chi connectivity index (χ0n) is 7.82. The molecule has 3 heteroatoms. The van der Waals surface area contributed by atoms with Crippen LogP contribution in [0.4, 0.5) is 0 Å². The number of aldehydes is 1. The molecule has 0 saturated carbocycles. The van der Waals surface area contributed by atoms with Gasteiger partial charge in [0.05, 0.1) is 11.9 Å². The van der Waals surface area contributed by atoms with Crippen LogP contribution in [0.5, 0.6) is 0 Å². The van der Waals surface area contributed by atoms with E-state index < -0.39 is 0 Å². The van der Waals surface area contributed by atoms with Crippen LogP contribution in [0.1, 0.15) is 23.0 Å². The lowest BCUT2D eigenvalue weighted by Gasteiger charge is -2.02. The maximum absolute atomic E-state index is 10.7. The van der Waals surface area contributed by atoms with Gasteiger partial charge in [-0.15, -0.1) is 0 Å². The van der Waals surface area contributed by atoms with E-state index in [0.717, 1.165) is 17.5 Å². The van der Waals surface area contributed by atoms with Gasteiger partial charge in [0.15, 0.2) is 6.29 Å². The van der Waals surface area contributed by atoms with Crippen LogP contribution in [0.2, 0.25) is 0 Å². The standard InChI is InChI=1S/C10H12N2O/c1-4-9(5-2)12-10(7-13)8(3)6-11-12/h4-7H,1H2,2-3H3/b9-5+. The summed E-state index contributed by atoms with van der Waals surface area (Å²) in [4.78, 5) is 10.7. The fourth-order valence-electron chi connectivity index (χ4n) is 1.11. The van der Waals surface area contributed by atoms with Crippen molar-refractivity contribution in [3.05, 3.63) is 36.2 Å². The molecule has 0 bridgehead atoms. The summed E-state index contributed by atoms with van der Waals surface area (Å²) < 4.78 is 1.58. The fraction of sp³-hybridized carbons (Fsp3) is 0.200. The summed E-state index contributed by atoms with van der Waals surface area (Å²) in [6.07, 6.45) is 5.98. The largest absolute Gasteiger partial charge is 0.296 e. The molecule has 0 aromatic carbocycles. The predicted molar refractivity (Wildman–Crippen MR) is 52.5 cm³/mol. The first-order valence-electron chi connectivity index (χ1n) is 4.03. The van der Waals surface area contributed by atoms with E-state index >= 15 is 0 Å². The third-order valence-electron chi connectivity index (χ3n) is 1.86. The van der Waals surface area contributed by atoms with Gasteiger partial charge in [0.2, 0.25) is 0 Å². The third-order valence-corrected chi connectivity index (χ3v) is 1.86. The number of hydrogen-bond acceptors (Lipinski definition) is 2. The van der Waals surface area contributed by atoms with Crippen LogP contribution in [0, 0.1) is 6.92 Å². The van der Waals surface area contributed by atoms with Gasteiger partial charge in [-0.3, -0.25) is 4.79 Å². The quantitative estimate of drug-likeness (QED) is 0.522. The van der Waals surface area contributed by atoms with Crippen molar-refractivity contribution in [2.24, 2.45) is 0 Å². The van der Waals surface area contributed by atoms with Gasteiger partial charge in [-0.1, -0.05) is 12.7 Å². The van der Waals surface area contributed by atoms with Gasteiger partial charge in [0.25, 0.3) is 0 Å². The maximum atomic E-state index is 10.7. The van der Waals surface area contributed by atoms with E-state index in [1.165, 1.54) is 0 Å². The highest BCUT2D eigenvalue weighted by Gasteiger charge is 2.06. The minimum atomic E-state index is 0.577. The van der Waals surface area contributed by atoms with E-state index in [4.69, 9.17) is 0 Å². The molecule has 0 N–H and O–H groups in total. The number of hydrogen-bond donors (Lipinski definition) is 0. The lowest BCUT2D eigenvalue weighted by molar-refractivity contribution is 0.111. The number of nitrogens with zero attached hydrogens (tertiary/aromatic N) is 2. The molecule has 0 aliphatic carbocycles. The fourth-order valence-corrected chi connectivity index (χ4v) is 1.11. The molecule has 0 spiro atoms. The van der Waals surface area contributed by atoms with Gasteiger partial charge in [-0.05, 0) is 25.5 Å². The number of aryl methyl sites for hydroxylation is 1. The van der Waals surface area contributed by atoms with Crippen LogP contribution >= 0.6 is 0 Å². The van der Waals surface area contributed by atoms with Crippen LogP contribution in [0.3, 0.4) is 0 Å².